The first-order chi connectivity index (χ1) is 12.6. The molecule has 4 heteroatoms. The van der Waals surface area contributed by atoms with E-state index in [-0.39, 0.29) is 17.9 Å². The van der Waals surface area contributed by atoms with E-state index in [0.717, 1.165) is 34.3 Å². The fourth-order valence-corrected chi connectivity index (χ4v) is 6.16. The number of hydrogen-bond donors (Lipinski definition) is 1. The standard InChI is InChI=1S/C22H27NO3/c1-12(19-11-15-4-3-5-18(25-2)21(15)26-19)23-22(24)20-16-7-13-6-14(9-16)10-17(20)8-13/h3-5,11-14,16-17,20H,6-10H2,1-2H3,(H,23,24). The Kier molecular flexibility index (Phi) is 3.77. The summed E-state index contributed by atoms with van der Waals surface area (Å²) >= 11 is 0. The van der Waals surface area contributed by atoms with Gasteiger partial charge in [0.05, 0.1) is 13.2 Å². The lowest BCUT2D eigenvalue weighted by Crippen LogP contribution is -2.51. The summed E-state index contributed by atoms with van der Waals surface area (Å²) in [5.41, 5.74) is 0.751. The van der Waals surface area contributed by atoms with Gasteiger partial charge in [0.15, 0.2) is 11.3 Å². The molecule has 1 heterocycles. The number of carbonyl (C=O) groups is 1. The second kappa shape index (κ2) is 6.04. The van der Waals surface area contributed by atoms with Crippen molar-refractivity contribution in [1.82, 2.24) is 5.32 Å². The second-order valence-electron chi connectivity index (χ2n) is 8.71. The van der Waals surface area contributed by atoms with E-state index in [2.05, 4.69) is 5.32 Å². The molecule has 4 aliphatic carbocycles. The number of rotatable bonds is 4. The molecule has 1 amide bonds. The third kappa shape index (κ3) is 2.53. The predicted molar refractivity (Wildman–Crippen MR) is 99.9 cm³/mol. The van der Waals surface area contributed by atoms with E-state index in [0.29, 0.717) is 11.8 Å². The average molecular weight is 353 g/mol. The van der Waals surface area contributed by atoms with E-state index in [1.165, 1.54) is 32.1 Å². The van der Waals surface area contributed by atoms with Crippen LogP contribution < -0.4 is 10.1 Å². The Morgan fingerprint density at radius 1 is 1.15 bits per heavy atom. The highest BCUT2D eigenvalue weighted by Gasteiger charge is 2.50. The van der Waals surface area contributed by atoms with E-state index in [1.807, 2.05) is 31.2 Å². The Morgan fingerprint density at radius 3 is 2.50 bits per heavy atom. The van der Waals surface area contributed by atoms with Gasteiger partial charge in [0.2, 0.25) is 5.91 Å². The molecule has 4 nitrogen and oxygen atoms in total. The molecule has 1 atom stereocenters. The Bertz CT molecular complexity index is 811. The SMILES string of the molecule is COc1cccc2cc(C(C)NC(=O)C3C4CC5CC(C4)CC3C5)oc12. The van der Waals surface area contributed by atoms with Crippen molar-refractivity contribution in [3.63, 3.8) is 0 Å². The molecule has 1 aromatic heterocycles. The van der Waals surface area contributed by atoms with Gasteiger partial charge in [0.1, 0.15) is 5.76 Å². The Morgan fingerprint density at radius 2 is 1.85 bits per heavy atom. The molecule has 138 valence electrons. The first-order valence-corrected chi connectivity index (χ1v) is 9.99. The van der Waals surface area contributed by atoms with Crippen LogP contribution in [0.5, 0.6) is 5.75 Å². The van der Waals surface area contributed by atoms with Gasteiger partial charge in [-0.3, -0.25) is 4.79 Å². The van der Waals surface area contributed by atoms with Crippen molar-refractivity contribution in [2.45, 2.75) is 45.1 Å². The molecule has 6 rings (SSSR count). The van der Waals surface area contributed by atoms with Gasteiger partial charge in [0, 0.05) is 11.3 Å². The highest BCUT2D eigenvalue weighted by atomic mass is 16.5. The van der Waals surface area contributed by atoms with Crippen LogP contribution in [0.15, 0.2) is 28.7 Å². The maximum atomic E-state index is 13.1. The van der Waals surface area contributed by atoms with Crippen molar-refractivity contribution in [2.75, 3.05) is 7.11 Å². The lowest BCUT2D eigenvalue weighted by atomic mass is 9.51. The minimum absolute atomic E-state index is 0.128. The van der Waals surface area contributed by atoms with Crippen molar-refractivity contribution in [3.05, 3.63) is 30.0 Å². The summed E-state index contributed by atoms with van der Waals surface area (Å²) < 4.78 is 11.4. The van der Waals surface area contributed by atoms with Crippen molar-refractivity contribution >= 4 is 16.9 Å². The van der Waals surface area contributed by atoms with E-state index in [4.69, 9.17) is 9.15 Å². The summed E-state index contributed by atoms with van der Waals surface area (Å²) in [5.74, 6) is 4.96. The third-order valence-electron chi connectivity index (χ3n) is 7.06. The number of ether oxygens (including phenoxy) is 1. The Hall–Kier alpha value is -1.97. The molecule has 0 saturated heterocycles. The van der Waals surface area contributed by atoms with Crippen LogP contribution in [0.4, 0.5) is 0 Å². The van der Waals surface area contributed by atoms with Gasteiger partial charge in [-0.2, -0.15) is 0 Å². The number of carbonyl (C=O) groups excluding carboxylic acids is 1. The van der Waals surface area contributed by atoms with Crippen LogP contribution in [0.3, 0.4) is 0 Å². The summed E-state index contributed by atoms with van der Waals surface area (Å²) in [6.07, 6.45) is 6.48. The van der Waals surface area contributed by atoms with Crippen LogP contribution >= 0.6 is 0 Å². The zero-order chi connectivity index (χ0) is 17.8. The number of amides is 1. The third-order valence-corrected chi connectivity index (χ3v) is 7.06. The molecule has 1 aromatic carbocycles. The highest BCUT2D eigenvalue weighted by Crippen LogP contribution is 2.56. The van der Waals surface area contributed by atoms with Gasteiger partial charge < -0.3 is 14.5 Å². The number of methoxy groups -OCH3 is 1. The maximum Gasteiger partial charge on any atom is 0.224 e. The average Bonchev–Trinajstić information content (AvgIpc) is 3.05. The van der Waals surface area contributed by atoms with Crippen LogP contribution in [-0.4, -0.2) is 13.0 Å². The quantitative estimate of drug-likeness (QED) is 0.867. The fourth-order valence-electron chi connectivity index (χ4n) is 6.16. The predicted octanol–water partition coefficient (Wildman–Crippen LogP) is 4.69. The number of nitrogens with one attached hydrogen (secondary N) is 1. The van der Waals surface area contributed by atoms with Crippen molar-refractivity contribution in [2.24, 2.45) is 29.6 Å². The maximum absolute atomic E-state index is 13.1. The number of hydrogen-bond acceptors (Lipinski definition) is 3. The Balaban J connectivity index is 1.34. The second-order valence-corrected chi connectivity index (χ2v) is 8.71. The molecule has 0 spiro atoms. The smallest absolute Gasteiger partial charge is 0.224 e. The van der Waals surface area contributed by atoms with Gasteiger partial charge in [-0.1, -0.05) is 12.1 Å². The summed E-state index contributed by atoms with van der Waals surface area (Å²) in [6.45, 7) is 2.01. The van der Waals surface area contributed by atoms with E-state index >= 15 is 0 Å². The number of para-hydroxylation sites is 1. The molecular formula is C22H27NO3. The van der Waals surface area contributed by atoms with E-state index < -0.39 is 0 Å². The van der Waals surface area contributed by atoms with Crippen LogP contribution in [0, 0.1) is 29.6 Å². The zero-order valence-electron chi connectivity index (χ0n) is 15.5. The minimum Gasteiger partial charge on any atom is -0.493 e. The molecule has 4 aliphatic rings. The lowest BCUT2D eigenvalue weighted by molar-refractivity contribution is -0.138. The van der Waals surface area contributed by atoms with Gasteiger partial charge in [-0.25, -0.2) is 0 Å². The van der Waals surface area contributed by atoms with Crippen molar-refractivity contribution in [3.8, 4) is 5.75 Å². The van der Waals surface area contributed by atoms with Crippen molar-refractivity contribution in [1.29, 1.82) is 0 Å². The summed E-state index contributed by atoms with van der Waals surface area (Å²) in [6, 6.07) is 7.75. The number of fused-ring (bicyclic) bond motifs is 1. The van der Waals surface area contributed by atoms with Gasteiger partial charge in [0.25, 0.3) is 0 Å². The molecule has 0 radical (unpaired) electrons. The fraction of sp³-hybridized carbons (Fsp3) is 0.591. The molecular weight excluding hydrogens is 326 g/mol. The lowest BCUT2D eigenvalue weighted by Gasteiger charge is -2.53. The van der Waals surface area contributed by atoms with Gasteiger partial charge in [-0.15, -0.1) is 0 Å². The molecule has 1 unspecified atom stereocenters. The molecule has 4 bridgehead atoms. The largest absolute Gasteiger partial charge is 0.493 e. The summed E-state index contributed by atoms with van der Waals surface area (Å²) in [4.78, 5) is 13.1. The Labute approximate surface area is 154 Å². The normalized spacial score (nSPS) is 33.4. The highest BCUT2D eigenvalue weighted by molar-refractivity contribution is 5.84. The molecule has 4 fully saturated rings. The van der Waals surface area contributed by atoms with Crippen LogP contribution in [0.1, 0.15) is 50.8 Å². The van der Waals surface area contributed by atoms with Crippen LogP contribution in [-0.2, 0) is 4.79 Å². The number of furan rings is 1. The topological polar surface area (TPSA) is 51.5 Å². The van der Waals surface area contributed by atoms with Gasteiger partial charge in [-0.05, 0) is 74.8 Å². The minimum atomic E-state index is -0.128. The van der Waals surface area contributed by atoms with Crippen LogP contribution in [0.25, 0.3) is 11.0 Å². The monoisotopic (exact) mass is 353 g/mol. The van der Waals surface area contributed by atoms with Gasteiger partial charge >= 0.3 is 0 Å². The molecule has 4 saturated carbocycles. The molecule has 2 aromatic rings. The number of benzene rings is 1. The zero-order valence-corrected chi connectivity index (χ0v) is 15.5. The van der Waals surface area contributed by atoms with Crippen molar-refractivity contribution < 1.29 is 13.9 Å². The molecule has 0 aliphatic heterocycles. The molecule has 26 heavy (non-hydrogen) atoms. The van der Waals surface area contributed by atoms with E-state index in [9.17, 15) is 4.79 Å². The van der Waals surface area contributed by atoms with Crippen LogP contribution in [0.2, 0.25) is 0 Å². The molecule has 1 N–H and O–H groups in total. The first kappa shape index (κ1) is 16.2. The van der Waals surface area contributed by atoms with E-state index in [1.54, 1.807) is 7.11 Å². The summed E-state index contributed by atoms with van der Waals surface area (Å²) in [5, 5.41) is 4.26. The summed E-state index contributed by atoms with van der Waals surface area (Å²) in [7, 11) is 1.65. The first-order valence-electron chi connectivity index (χ1n) is 9.99.